The highest BCUT2D eigenvalue weighted by atomic mass is 32.1. The molecule has 0 bridgehead atoms. The van der Waals surface area contributed by atoms with Gasteiger partial charge in [-0.25, -0.2) is 9.41 Å². The Morgan fingerprint density at radius 3 is 2.69 bits per heavy atom. The molecule has 0 aromatic heterocycles. The minimum atomic E-state index is 0.943. The monoisotopic (exact) mass is 191 g/mol. The third-order valence-corrected chi connectivity index (χ3v) is 1.90. The summed E-state index contributed by atoms with van der Waals surface area (Å²) in [7, 11) is 0. The molecule has 0 saturated heterocycles. The van der Waals surface area contributed by atoms with Gasteiger partial charge in [-0.05, 0) is 12.8 Å². The molecular formula is C9H9N3S. The van der Waals surface area contributed by atoms with Crippen LogP contribution in [0.3, 0.4) is 0 Å². The van der Waals surface area contributed by atoms with Crippen LogP contribution < -0.4 is 5.43 Å². The third-order valence-electron chi connectivity index (χ3n) is 1.70. The molecule has 0 amide bonds. The van der Waals surface area contributed by atoms with Crippen LogP contribution in [-0.4, -0.2) is 10.8 Å². The van der Waals surface area contributed by atoms with Crippen molar-refractivity contribution in [3.63, 3.8) is 0 Å². The van der Waals surface area contributed by atoms with Gasteiger partial charge < -0.3 is 0 Å². The normalized spacial score (nSPS) is 15.2. The molecule has 0 spiro atoms. The summed E-state index contributed by atoms with van der Waals surface area (Å²) in [6.07, 6.45) is 3.36. The number of nitrogens with zero attached hydrogens (tertiary/aromatic N) is 2. The molecule has 13 heavy (non-hydrogen) atoms. The molecule has 1 aliphatic rings. The number of hydrogen-bond acceptors (Lipinski definition) is 4. The van der Waals surface area contributed by atoms with Crippen molar-refractivity contribution >= 4 is 24.9 Å². The molecule has 1 aromatic carbocycles. The van der Waals surface area contributed by atoms with Crippen molar-refractivity contribution in [1.29, 1.82) is 0 Å². The maximum absolute atomic E-state index is 4.10. The first-order valence-electron chi connectivity index (χ1n) is 3.90. The lowest BCUT2D eigenvalue weighted by Gasteiger charge is -2.19. The quantitative estimate of drug-likeness (QED) is 0.661. The van der Waals surface area contributed by atoms with Gasteiger partial charge in [-0.3, -0.25) is 5.43 Å². The number of hydrazine groups is 1. The number of nitrogens with one attached hydrogen (secondary N) is 1. The maximum atomic E-state index is 4.10. The predicted molar refractivity (Wildman–Crippen MR) is 56.9 cm³/mol. The highest BCUT2D eigenvalue weighted by Gasteiger charge is 2.04. The first kappa shape index (κ1) is 8.19. The van der Waals surface area contributed by atoms with Gasteiger partial charge in [-0.1, -0.05) is 30.3 Å². The van der Waals surface area contributed by atoms with E-state index in [1.807, 2.05) is 30.3 Å². The molecule has 4 heteroatoms. The fourth-order valence-corrected chi connectivity index (χ4v) is 1.28. The first-order chi connectivity index (χ1) is 6.36. The standard InChI is InChI=1S/C9H9N3S/c13-12-7-10-6-9(11-12)8-4-2-1-3-5-8/h1-7,11,13H. The summed E-state index contributed by atoms with van der Waals surface area (Å²) in [6, 6.07) is 9.98. The summed E-state index contributed by atoms with van der Waals surface area (Å²) in [5.41, 5.74) is 5.08. The lowest BCUT2D eigenvalue weighted by atomic mass is 10.2. The van der Waals surface area contributed by atoms with E-state index in [1.165, 1.54) is 4.41 Å². The Morgan fingerprint density at radius 2 is 2.00 bits per heavy atom. The summed E-state index contributed by atoms with van der Waals surface area (Å²) in [5.74, 6) is 0. The van der Waals surface area contributed by atoms with Crippen LogP contribution in [0, 0.1) is 0 Å². The van der Waals surface area contributed by atoms with Gasteiger partial charge >= 0.3 is 0 Å². The molecule has 2 rings (SSSR count). The Morgan fingerprint density at radius 1 is 1.23 bits per heavy atom. The Bertz CT molecular complexity index is 345. The fourth-order valence-electron chi connectivity index (χ4n) is 1.11. The number of thiol groups is 1. The van der Waals surface area contributed by atoms with Gasteiger partial charge in [-0.2, -0.15) is 0 Å². The molecular weight excluding hydrogens is 182 g/mol. The van der Waals surface area contributed by atoms with E-state index in [4.69, 9.17) is 0 Å². The van der Waals surface area contributed by atoms with Crippen molar-refractivity contribution in [3.8, 4) is 0 Å². The van der Waals surface area contributed by atoms with Gasteiger partial charge in [0.05, 0.1) is 11.9 Å². The Hall–Kier alpha value is -1.42. The van der Waals surface area contributed by atoms with E-state index in [-0.39, 0.29) is 0 Å². The van der Waals surface area contributed by atoms with Crippen LogP contribution in [-0.2, 0) is 0 Å². The number of benzene rings is 1. The SMILES string of the molecule is SN1C=NC=C(c2ccccc2)N1. The molecule has 0 radical (unpaired) electrons. The van der Waals surface area contributed by atoms with E-state index < -0.39 is 0 Å². The molecule has 0 atom stereocenters. The summed E-state index contributed by atoms with van der Waals surface area (Å²) in [4.78, 5) is 4.02. The van der Waals surface area contributed by atoms with Crippen LogP contribution in [0.15, 0.2) is 41.5 Å². The highest BCUT2D eigenvalue weighted by Crippen LogP contribution is 2.13. The number of rotatable bonds is 1. The molecule has 1 heterocycles. The zero-order chi connectivity index (χ0) is 9.10. The van der Waals surface area contributed by atoms with E-state index in [1.54, 1.807) is 12.5 Å². The van der Waals surface area contributed by atoms with Crippen LogP contribution in [0.2, 0.25) is 0 Å². The highest BCUT2D eigenvalue weighted by molar-refractivity contribution is 7.78. The maximum Gasteiger partial charge on any atom is 0.122 e. The number of hydrogen-bond donors (Lipinski definition) is 2. The largest absolute Gasteiger partial charge is 0.285 e. The predicted octanol–water partition coefficient (Wildman–Crippen LogP) is 1.68. The van der Waals surface area contributed by atoms with Gasteiger partial charge in [0, 0.05) is 5.56 Å². The van der Waals surface area contributed by atoms with Crippen LogP contribution in [0.1, 0.15) is 5.56 Å². The number of aliphatic imine (C=N–C) groups is 1. The van der Waals surface area contributed by atoms with E-state index in [2.05, 4.69) is 23.2 Å². The van der Waals surface area contributed by atoms with Gasteiger partial charge in [0.15, 0.2) is 0 Å². The lowest BCUT2D eigenvalue weighted by Crippen LogP contribution is -2.29. The minimum absolute atomic E-state index is 0.943. The topological polar surface area (TPSA) is 27.6 Å². The van der Waals surface area contributed by atoms with E-state index in [9.17, 15) is 0 Å². The second-order valence-electron chi connectivity index (χ2n) is 2.63. The summed E-state index contributed by atoms with van der Waals surface area (Å²) >= 11 is 4.10. The van der Waals surface area contributed by atoms with Crippen LogP contribution in [0.4, 0.5) is 0 Å². The van der Waals surface area contributed by atoms with E-state index in [0.29, 0.717) is 0 Å². The van der Waals surface area contributed by atoms with Crippen molar-refractivity contribution < 1.29 is 0 Å². The summed E-state index contributed by atoms with van der Waals surface area (Å²) < 4.78 is 1.52. The smallest absolute Gasteiger partial charge is 0.122 e. The molecule has 1 N–H and O–H groups in total. The minimum Gasteiger partial charge on any atom is -0.285 e. The van der Waals surface area contributed by atoms with Crippen molar-refractivity contribution in [2.24, 2.45) is 4.99 Å². The molecule has 66 valence electrons. The van der Waals surface area contributed by atoms with Crippen molar-refractivity contribution in [3.05, 3.63) is 42.1 Å². The average molecular weight is 191 g/mol. The van der Waals surface area contributed by atoms with Crippen molar-refractivity contribution in [1.82, 2.24) is 9.84 Å². The Labute approximate surface area is 82.3 Å². The van der Waals surface area contributed by atoms with Crippen molar-refractivity contribution in [2.75, 3.05) is 0 Å². The molecule has 1 aliphatic heterocycles. The van der Waals surface area contributed by atoms with Crippen LogP contribution in [0.25, 0.3) is 5.70 Å². The van der Waals surface area contributed by atoms with Gasteiger partial charge in [0.2, 0.25) is 0 Å². The van der Waals surface area contributed by atoms with E-state index >= 15 is 0 Å². The summed E-state index contributed by atoms with van der Waals surface area (Å²) in [5, 5.41) is 0. The lowest BCUT2D eigenvalue weighted by molar-refractivity contribution is 0.618. The van der Waals surface area contributed by atoms with Crippen LogP contribution in [0.5, 0.6) is 0 Å². The molecule has 3 nitrogen and oxygen atoms in total. The zero-order valence-electron chi connectivity index (χ0n) is 6.88. The van der Waals surface area contributed by atoms with Gasteiger partial charge in [0.1, 0.15) is 6.34 Å². The molecule has 1 aromatic rings. The summed E-state index contributed by atoms with van der Waals surface area (Å²) in [6.45, 7) is 0. The third kappa shape index (κ3) is 1.84. The molecule has 0 unspecified atom stereocenters. The average Bonchev–Trinajstić information content (AvgIpc) is 2.19. The zero-order valence-corrected chi connectivity index (χ0v) is 7.78. The second-order valence-corrected chi connectivity index (χ2v) is 3.06. The van der Waals surface area contributed by atoms with Crippen molar-refractivity contribution in [2.45, 2.75) is 0 Å². The molecule has 0 aliphatic carbocycles. The molecule has 0 fully saturated rings. The fraction of sp³-hybridized carbons (Fsp3) is 0. The van der Waals surface area contributed by atoms with Crippen LogP contribution >= 0.6 is 12.8 Å². The Balaban J connectivity index is 2.28. The molecule has 0 saturated carbocycles. The van der Waals surface area contributed by atoms with E-state index in [0.717, 1.165) is 11.3 Å². The van der Waals surface area contributed by atoms with Gasteiger partial charge in [-0.15, -0.1) is 0 Å². The second kappa shape index (κ2) is 3.53. The van der Waals surface area contributed by atoms with Gasteiger partial charge in [0.25, 0.3) is 0 Å². The first-order valence-corrected chi connectivity index (χ1v) is 4.30. The Kier molecular flexibility index (Phi) is 2.23.